The number of carbonyl (C=O) groups is 3. The van der Waals surface area contributed by atoms with Crippen LogP contribution in [-0.2, 0) is 28.6 Å². The largest absolute Gasteiger partial charge is 0.462 e. The standard InChI is InChI=1S/C76H144O6/c1-4-7-10-13-16-19-22-24-26-28-30-32-34-36-38-40-42-44-46-48-50-52-54-57-60-63-66-69-75(78)81-72-73(71-80-74(77)68-65-62-59-56-21-18-15-12-9-6-3)82-76(79)70-67-64-61-58-55-53-51-49-47-45-43-41-39-37-35-33-31-29-27-25-23-20-17-14-11-8-5-2/h12,15,28,30,73H,4-11,13-14,16-27,29,31-72H2,1-3H3/b15-12-,30-28-. The van der Waals surface area contributed by atoms with Gasteiger partial charge < -0.3 is 14.2 Å². The Bertz CT molecular complexity index is 1320. The summed E-state index contributed by atoms with van der Waals surface area (Å²) < 4.78 is 17.0. The Morgan fingerprint density at radius 1 is 0.232 bits per heavy atom. The Labute approximate surface area is 513 Å². The predicted octanol–water partition coefficient (Wildman–Crippen LogP) is 25.7. The lowest BCUT2D eigenvalue weighted by atomic mass is 10.0. The molecule has 1 unspecified atom stereocenters. The van der Waals surface area contributed by atoms with Crippen molar-refractivity contribution in [3.8, 4) is 0 Å². The van der Waals surface area contributed by atoms with E-state index in [1.54, 1.807) is 0 Å². The first-order valence-electron chi connectivity index (χ1n) is 37.3. The molecule has 0 amide bonds. The van der Waals surface area contributed by atoms with Crippen LogP contribution in [0.15, 0.2) is 24.3 Å². The molecule has 0 rings (SSSR count). The van der Waals surface area contributed by atoms with Crippen molar-refractivity contribution in [2.75, 3.05) is 13.2 Å². The Balaban J connectivity index is 4.09. The van der Waals surface area contributed by atoms with Crippen LogP contribution in [0.5, 0.6) is 0 Å². The summed E-state index contributed by atoms with van der Waals surface area (Å²) in [5.41, 5.74) is 0. The van der Waals surface area contributed by atoms with E-state index in [2.05, 4.69) is 45.1 Å². The van der Waals surface area contributed by atoms with Crippen LogP contribution in [0.1, 0.15) is 425 Å². The van der Waals surface area contributed by atoms with Gasteiger partial charge in [-0.3, -0.25) is 14.4 Å². The van der Waals surface area contributed by atoms with Crippen LogP contribution >= 0.6 is 0 Å². The van der Waals surface area contributed by atoms with Crippen molar-refractivity contribution in [1.29, 1.82) is 0 Å². The molecule has 6 nitrogen and oxygen atoms in total. The molecule has 0 saturated carbocycles. The van der Waals surface area contributed by atoms with E-state index in [1.165, 1.54) is 315 Å². The van der Waals surface area contributed by atoms with Crippen molar-refractivity contribution in [3.63, 3.8) is 0 Å². The minimum Gasteiger partial charge on any atom is -0.462 e. The molecule has 0 spiro atoms. The average molecular weight is 1150 g/mol. The molecule has 0 saturated heterocycles. The molecule has 0 bridgehead atoms. The van der Waals surface area contributed by atoms with Gasteiger partial charge in [-0.25, -0.2) is 0 Å². The van der Waals surface area contributed by atoms with E-state index in [4.69, 9.17) is 14.2 Å². The third kappa shape index (κ3) is 68.7. The SMILES string of the molecule is CCC/C=C\CCCCCCCC(=O)OCC(COC(=O)CCCCCCCCCCCCCCCCC/C=C\CCCCCCCCCC)OC(=O)CCCCCCCCCCCCCCCCCCCCCCCCCCCCC. The second-order valence-corrected chi connectivity index (χ2v) is 25.6. The summed E-state index contributed by atoms with van der Waals surface area (Å²) in [7, 11) is 0. The lowest BCUT2D eigenvalue weighted by Gasteiger charge is -2.18. The Kier molecular flexibility index (Phi) is 69.5. The lowest BCUT2D eigenvalue weighted by Crippen LogP contribution is -2.30. The zero-order valence-electron chi connectivity index (χ0n) is 55.8. The van der Waals surface area contributed by atoms with E-state index in [0.717, 1.165) is 70.6 Å². The van der Waals surface area contributed by atoms with Crippen molar-refractivity contribution < 1.29 is 28.6 Å². The Morgan fingerprint density at radius 2 is 0.427 bits per heavy atom. The summed E-state index contributed by atoms with van der Waals surface area (Å²) in [4.78, 5) is 38.4. The van der Waals surface area contributed by atoms with E-state index in [1.807, 2.05) is 0 Å². The molecule has 0 aromatic heterocycles. The zero-order valence-corrected chi connectivity index (χ0v) is 55.8. The fourth-order valence-electron chi connectivity index (χ4n) is 11.6. The van der Waals surface area contributed by atoms with E-state index in [0.29, 0.717) is 19.3 Å². The highest BCUT2D eigenvalue weighted by Gasteiger charge is 2.20. The van der Waals surface area contributed by atoms with Crippen molar-refractivity contribution in [2.24, 2.45) is 0 Å². The number of allylic oxidation sites excluding steroid dienone is 4. The summed E-state index contributed by atoms with van der Waals surface area (Å²) in [5, 5.41) is 0. The fourth-order valence-corrected chi connectivity index (χ4v) is 11.6. The second-order valence-electron chi connectivity index (χ2n) is 25.6. The number of carbonyl (C=O) groups excluding carboxylic acids is 3. The van der Waals surface area contributed by atoms with Crippen LogP contribution in [0.2, 0.25) is 0 Å². The molecule has 0 N–H and O–H groups in total. The van der Waals surface area contributed by atoms with Crippen LogP contribution in [0.3, 0.4) is 0 Å². The average Bonchev–Trinajstić information content (AvgIpc) is 3.47. The van der Waals surface area contributed by atoms with Crippen molar-refractivity contribution in [3.05, 3.63) is 24.3 Å². The monoisotopic (exact) mass is 1150 g/mol. The molecule has 0 aliphatic heterocycles. The summed E-state index contributed by atoms with van der Waals surface area (Å²) in [6.45, 7) is 6.66. The van der Waals surface area contributed by atoms with E-state index in [9.17, 15) is 14.4 Å². The highest BCUT2D eigenvalue weighted by Crippen LogP contribution is 2.19. The molecular weight excluding hydrogens is 1010 g/mol. The highest BCUT2D eigenvalue weighted by molar-refractivity contribution is 5.71. The summed E-state index contributed by atoms with van der Waals surface area (Å²) in [5.74, 6) is -0.847. The summed E-state index contributed by atoms with van der Waals surface area (Å²) in [6, 6.07) is 0. The molecular formula is C76H144O6. The maximum Gasteiger partial charge on any atom is 0.306 e. The first-order chi connectivity index (χ1) is 40.5. The molecule has 0 fully saturated rings. The predicted molar refractivity (Wildman–Crippen MR) is 358 cm³/mol. The van der Waals surface area contributed by atoms with E-state index < -0.39 is 6.10 Å². The van der Waals surface area contributed by atoms with Gasteiger partial charge in [0.25, 0.3) is 0 Å². The number of hydrogen-bond acceptors (Lipinski definition) is 6. The number of hydrogen-bond donors (Lipinski definition) is 0. The highest BCUT2D eigenvalue weighted by atomic mass is 16.6. The van der Waals surface area contributed by atoms with Gasteiger partial charge in [-0.15, -0.1) is 0 Å². The smallest absolute Gasteiger partial charge is 0.306 e. The van der Waals surface area contributed by atoms with Crippen molar-refractivity contribution >= 4 is 17.9 Å². The van der Waals surface area contributed by atoms with Crippen molar-refractivity contribution in [1.82, 2.24) is 0 Å². The van der Waals surface area contributed by atoms with Crippen LogP contribution in [0.25, 0.3) is 0 Å². The Morgan fingerprint density at radius 3 is 0.659 bits per heavy atom. The van der Waals surface area contributed by atoms with Gasteiger partial charge >= 0.3 is 17.9 Å². The molecule has 0 aliphatic rings. The summed E-state index contributed by atoms with van der Waals surface area (Å²) >= 11 is 0. The lowest BCUT2D eigenvalue weighted by molar-refractivity contribution is -0.167. The quantitative estimate of drug-likeness (QED) is 0.0261. The molecule has 484 valence electrons. The summed E-state index contributed by atoms with van der Waals surface area (Å²) in [6.07, 6.45) is 88.2. The van der Waals surface area contributed by atoms with Gasteiger partial charge in [0.1, 0.15) is 13.2 Å². The first-order valence-corrected chi connectivity index (χ1v) is 37.3. The molecule has 0 aromatic carbocycles. The molecule has 0 heterocycles. The Hall–Kier alpha value is -2.11. The minimum absolute atomic E-state index is 0.0680. The minimum atomic E-state index is -0.772. The first kappa shape index (κ1) is 79.9. The van der Waals surface area contributed by atoms with Gasteiger partial charge in [-0.05, 0) is 64.2 Å². The maximum absolute atomic E-state index is 12.9. The number of esters is 3. The van der Waals surface area contributed by atoms with Crippen LogP contribution in [-0.4, -0.2) is 37.2 Å². The molecule has 0 aromatic rings. The van der Waals surface area contributed by atoms with E-state index in [-0.39, 0.29) is 31.1 Å². The van der Waals surface area contributed by atoms with Gasteiger partial charge in [0.15, 0.2) is 6.10 Å². The van der Waals surface area contributed by atoms with Crippen LogP contribution in [0.4, 0.5) is 0 Å². The van der Waals surface area contributed by atoms with Crippen LogP contribution in [0, 0.1) is 0 Å². The van der Waals surface area contributed by atoms with Crippen molar-refractivity contribution in [2.45, 2.75) is 431 Å². The fraction of sp³-hybridized carbons (Fsp3) is 0.908. The van der Waals surface area contributed by atoms with Crippen LogP contribution < -0.4 is 0 Å². The molecule has 0 radical (unpaired) electrons. The third-order valence-electron chi connectivity index (χ3n) is 17.2. The molecule has 82 heavy (non-hydrogen) atoms. The molecule has 0 aliphatic carbocycles. The van der Waals surface area contributed by atoms with Gasteiger partial charge in [0.05, 0.1) is 0 Å². The van der Waals surface area contributed by atoms with Gasteiger partial charge in [0.2, 0.25) is 0 Å². The third-order valence-corrected chi connectivity index (χ3v) is 17.2. The molecule has 6 heteroatoms. The topological polar surface area (TPSA) is 78.9 Å². The normalized spacial score (nSPS) is 12.1. The van der Waals surface area contributed by atoms with Gasteiger partial charge in [-0.2, -0.15) is 0 Å². The van der Waals surface area contributed by atoms with Gasteiger partial charge in [0, 0.05) is 19.3 Å². The molecule has 1 atom stereocenters. The second kappa shape index (κ2) is 71.4. The van der Waals surface area contributed by atoms with E-state index >= 15 is 0 Å². The number of unbranched alkanes of at least 4 members (excludes halogenated alkanes) is 55. The zero-order chi connectivity index (χ0) is 59.2. The number of ether oxygens (including phenoxy) is 3. The van der Waals surface area contributed by atoms with Gasteiger partial charge in [-0.1, -0.05) is 366 Å². The maximum atomic E-state index is 12.9. The number of rotatable bonds is 70.